The highest BCUT2D eigenvalue weighted by Crippen LogP contribution is 2.27. The van der Waals surface area contributed by atoms with E-state index in [0.717, 1.165) is 11.6 Å². The first kappa shape index (κ1) is 19.9. The molecule has 0 bridgehead atoms. The number of rotatable bonds is 9. The zero-order chi connectivity index (χ0) is 19.8. The summed E-state index contributed by atoms with van der Waals surface area (Å²) in [5.41, 5.74) is 0.750. The molecule has 0 aliphatic rings. The number of nitrogens with one attached hydrogen (secondary N) is 1. The van der Waals surface area contributed by atoms with Crippen LogP contribution < -0.4 is 10.1 Å². The van der Waals surface area contributed by atoms with E-state index in [9.17, 15) is 19.7 Å². The smallest absolute Gasteiger partial charge is 0.311 e. The Bertz CT molecular complexity index is 822. The molecule has 0 aliphatic carbocycles. The largest absolute Gasteiger partial charge is 0.490 e. The fourth-order valence-corrected chi connectivity index (χ4v) is 2.66. The molecular formula is C19H20N2O6. The molecule has 2 aromatic carbocycles. The number of nitro groups is 1. The van der Waals surface area contributed by atoms with Crippen molar-refractivity contribution in [1.82, 2.24) is 5.32 Å². The molecule has 0 heterocycles. The lowest BCUT2D eigenvalue weighted by Crippen LogP contribution is -2.37. The Morgan fingerprint density at radius 1 is 1.22 bits per heavy atom. The number of nitrogens with zero attached hydrogens (tertiary/aromatic N) is 1. The van der Waals surface area contributed by atoms with Gasteiger partial charge in [0.15, 0.2) is 5.75 Å². The summed E-state index contributed by atoms with van der Waals surface area (Å²) in [4.78, 5) is 33.9. The number of methoxy groups -OCH3 is 1. The summed E-state index contributed by atoms with van der Waals surface area (Å²) in [6.07, 6.45) is 0.604. The molecule has 2 aromatic rings. The van der Waals surface area contributed by atoms with Gasteiger partial charge in [0.25, 0.3) is 5.91 Å². The van der Waals surface area contributed by atoms with Crippen molar-refractivity contribution in [3.63, 3.8) is 0 Å². The number of nitro benzene ring substituents is 1. The van der Waals surface area contributed by atoms with E-state index < -0.39 is 22.8 Å². The molecule has 1 unspecified atom stereocenters. The Hall–Kier alpha value is -3.42. The number of carbonyl (C=O) groups excluding carboxylic acids is 1. The summed E-state index contributed by atoms with van der Waals surface area (Å²) >= 11 is 0. The Kier molecular flexibility index (Phi) is 6.87. The van der Waals surface area contributed by atoms with E-state index in [4.69, 9.17) is 9.84 Å². The number of ether oxygens (including phenoxy) is 1. The molecule has 1 amide bonds. The van der Waals surface area contributed by atoms with Crippen molar-refractivity contribution in [2.45, 2.75) is 25.3 Å². The number of carboxylic acids is 1. The molecule has 8 nitrogen and oxygen atoms in total. The maximum absolute atomic E-state index is 12.5. The molecule has 0 saturated carbocycles. The van der Waals surface area contributed by atoms with E-state index in [0.29, 0.717) is 6.42 Å². The van der Waals surface area contributed by atoms with Gasteiger partial charge in [-0.15, -0.1) is 0 Å². The highest BCUT2D eigenvalue weighted by Gasteiger charge is 2.20. The minimum atomic E-state index is -0.956. The second-order valence-corrected chi connectivity index (χ2v) is 5.94. The summed E-state index contributed by atoms with van der Waals surface area (Å²) < 4.78 is 4.93. The van der Waals surface area contributed by atoms with Crippen LogP contribution in [0.15, 0.2) is 48.5 Å². The van der Waals surface area contributed by atoms with Crippen LogP contribution in [0.4, 0.5) is 5.69 Å². The molecule has 142 valence electrons. The summed E-state index contributed by atoms with van der Waals surface area (Å²) in [7, 11) is 1.31. The van der Waals surface area contributed by atoms with Gasteiger partial charge in [0.2, 0.25) is 0 Å². The fourth-order valence-electron chi connectivity index (χ4n) is 2.66. The van der Waals surface area contributed by atoms with Gasteiger partial charge in [-0.25, -0.2) is 0 Å². The second kappa shape index (κ2) is 9.33. The highest BCUT2D eigenvalue weighted by atomic mass is 16.6. The third-order valence-electron chi connectivity index (χ3n) is 4.00. The Morgan fingerprint density at radius 3 is 2.52 bits per heavy atom. The Morgan fingerprint density at radius 2 is 1.93 bits per heavy atom. The van der Waals surface area contributed by atoms with Crippen molar-refractivity contribution in [3.05, 3.63) is 69.8 Å². The molecule has 27 heavy (non-hydrogen) atoms. The molecule has 0 radical (unpaired) electrons. The van der Waals surface area contributed by atoms with Gasteiger partial charge < -0.3 is 15.2 Å². The predicted octanol–water partition coefficient (Wildman–Crippen LogP) is 2.81. The van der Waals surface area contributed by atoms with E-state index in [1.54, 1.807) is 0 Å². The lowest BCUT2D eigenvalue weighted by molar-refractivity contribution is -0.385. The van der Waals surface area contributed by atoms with Gasteiger partial charge in [-0.1, -0.05) is 30.3 Å². The summed E-state index contributed by atoms with van der Waals surface area (Å²) in [5.74, 6) is -1.40. The molecular weight excluding hydrogens is 352 g/mol. The molecule has 0 aliphatic heterocycles. The fraction of sp³-hybridized carbons (Fsp3) is 0.263. The predicted molar refractivity (Wildman–Crippen MR) is 97.9 cm³/mol. The first-order valence-electron chi connectivity index (χ1n) is 8.29. The number of amides is 1. The average Bonchev–Trinajstić information content (AvgIpc) is 2.66. The van der Waals surface area contributed by atoms with Crippen LogP contribution in [0, 0.1) is 10.1 Å². The van der Waals surface area contributed by atoms with Gasteiger partial charge in [-0.3, -0.25) is 19.7 Å². The standard InChI is InChI=1S/C19H20N2O6/c1-27-17-9-7-14(12-16(17)21(25)26)19(24)20-15(8-10-18(22)23)11-13-5-3-2-4-6-13/h2-7,9,12,15H,8,10-11H2,1H3,(H,20,24)(H,22,23). The van der Waals surface area contributed by atoms with Crippen LogP contribution in [0.2, 0.25) is 0 Å². The maximum Gasteiger partial charge on any atom is 0.311 e. The monoisotopic (exact) mass is 372 g/mol. The average molecular weight is 372 g/mol. The SMILES string of the molecule is COc1ccc(C(=O)NC(CCC(=O)O)Cc2ccccc2)cc1[N+](=O)[O-]. The first-order chi connectivity index (χ1) is 12.9. The molecule has 8 heteroatoms. The topological polar surface area (TPSA) is 119 Å². The highest BCUT2D eigenvalue weighted by molar-refractivity contribution is 5.95. The van der Waals surface area contributed by atoms with Crippen LogP contribution >= 0.6 is 0 Å². The van der Waals surface area contributed by atoms with Crippen LogP contribution in [0.25, 0.3) is 0 Å². The zero-order valence-electron chi connectivity index (χ0n) is 14.8. The third kappa shape index (κ3) is 5.81. The normalized spacial score (nSPS) is 11.4. The maximum atomic E-state index is 12.5. The van der Waals surface area contributed by atoms with E-state index in [1.165, 1.54) is 19.2 Å². The van der Waals surface area contributed by atoms with Crippen LogP contribution in [0.1, 0.15) is 28.8 Å². The molecule has 0 spiro atoms. The number of hydrogen-bond acceptors (Lipinski definition) is 5. The van der Waals surface area contributed by atoms with Gasteiger partial charge in [0.05, 0.1) is 12.0 Å². The van der Waals surface area contributed by atoms with Crippen LogP contribution in [-0.4, -0.2) is 35.1 Å². The van der Waals surface area contributed by atoms with Gasteiger partial charge in [-0.05, 0) is 30.5 Å². The number of benzene rings is 2. The van der Waals surface area contributed by atoms with Crippen molar-refractivity contribution in [3.8, 4) is 5.75 Å². The van der Waals surface area contributed by atoms with E-state index in [2.05, 4.69) is 5.32 Å². The molecule has 0 saturated heterocycles. The third-order valence-corrected chi connectivity index (χ3v) is 4.00. The van der Waals surface area contributed by atoms with Crippen molar-refractivity contribution >= 4 is 17.6 Å². The number of aliphatic carboxylic acids is 1. The van der Waals surface area contributed by atoms with Crippen molar-refractivity contribution in [2.75, 3.05) is 7.11 Å². The minimum Gasteiger partial charge on any atom is -0.490 e. The quantitative estimate of drug-likeness (QED) is 0.516. The van der Waals surface area contributed by atoms with E-state index >= 15 is 0 Å². The minimum absolute atomic E-state index is 0.0586. The lowest BCUT2D eigenvalue weighted by Gasteiger charge is -2.18. The Balaban J connectivity index is 2.17. The van der Waals surface area contributed by atoms with Crippen molar-refractivity contribution in [1.29, 1.82) is 0 Å². The van der Waals surface area contributed by atoms with E-state index in [1.807, 2.05) is 30.3 Å². The van der Waals surface area contributed by atoms with Gasteiger partial charge in [0, 0.05) is 24.1 Å². The number of carbonyl (C=O) groups is 2. The van der Waals surface area contributed by atoms with E-state index in [-0.39, 0.29) is 29.8 Å². The van der Waals surface area contributed by atoms with Crippen LogP contribution in [-0.2, 0) is 11.2 Å². The van der Waals surface area contributed by atoms with Crippen LogP contribution in [0.3, 0.4) is 0 Å². The van der Waals surface area contributed by atoms with Crippen molar-refractivity contribution in [2.24, 2.45) is 0 Å². The molecule has 1 atom stereocenters. The Labute approximate surface area is 155 Å². The van der Waals surface area contributed by atoms with Gasteiger partial charge in [-0.2, -0.15) is 0 Å². The molecule has 2 rings (SSSR count). The van der Waals surface area contributed by atoms with Gasteiger partial charge in [0.1, 0.15) is 0 Å². The molecule has 2 N–H and O–H groups in total. The number of carboxylic acid groups (broad SMARTS) is 1. The first-order valence-corrected chi connectivity index (χ1v) is 8.29. The zero-order valence-corrected chi connectivity index (χ0v) is 14.8. The lowest BCUT2D eigenvalue weighted by atomic mass is 10.0. The van der Waals surface area contributed by atoms with Gasteiger partial charge >= 0.3 is 11.7 Å². The summed E-state index contributed by atoms with van der Waals surface area (Å²) in [6.45, 7) is 0. The second-order valence-electron chi connectivity index (χ2n) is 5.94. The molecule has 0 fully saturated rings. The number of hydrogen-bond donors (Lipinski definition) is 2. The summed E-state index contributed by atoms with van der Waals surface area (Å²) in [5, 5.41) is 22.8. The molecule has 0 aromatic heterocycles. The van der Waals surface area contributed by atoms with Crippen LogP contribution in [0.5, 0.6) is 5.75 Å². The van der Waals surface area contributed by atoms with Crippen molar-refractivity contribution < 1.29 is 24.4 Å². The summed E-state index contributed by atoms with van der Waals surface area (Å²) in [6, 6.07) is 12.9.